The Balaban J connectivity index is 1.54. The van der Waals surface area contributed by atoms with E-state index in [0.717, 1.165) is 11.3 Å². The number of benzene rings is 1. The first-order valence-corrected chi connectivity index (χ1v) is 12.7. The second-order valence-corrected chi connectivity index (χ2v) is 10.2. The predicted octanol–water partition coefficient (Wildman–Crippen LogP) is 3.86. The Labute approximate surface area is 217 Å². The highest BCUT2D eigenvalue weighted by molar-refractivity contribution is 8.26. The van der Waals surface area contributed by atoms with E-state index in [-0.39, 0.29) is 17.3 Å². The van der Waals surface area contributed by atoms with Gasteiger partial charge in [-0.3, -0.25) is 18.9 Å². The zero-order chi connectivity index (χ0) is 25.4. The second kappa shape index (κ2) is 9.87. The molecule has 0 N–H and O–H groups in total. The number of aromatic nitrogens is 2. The van der Waals surface area contributed by atoms with Crippen molar-refractivity contribution >= 4 is 57.4 Å². The number of hydrogen-bond acceptors (Lipinski definition) is 7. The topological polar surface area (TPSA) is 61.2 Å². The minimum Gasteiger partial charge on any atom is -0.368 e. The Bertz CT molecular complexity index is 1460. The van der Waals surface area contributed by atoms with E-state index in [2.05, 4.69) is 16.4 Å². The molecule has 5 rings (SSSR count). The third-order valence-electron chi connectivity index (χ3n) is 6.30. The molecule has 10 heteroatoms. The van der Waals surface area contributed by atoms with Crippen molar-refractivity contribution in [2.24, 2.45) is 0 Å². The van der Waals surface area contributed by atoms with E-state index >= 15 is 0 Å². The second-order valence-electron chi connectivity index (χ2n) is 8.57. The van der Waals surface area contributed by atoms with Gasteiger partial charge in [0, 0.05) is 44.6 Å². The molecular formula is C26H24FN5O2S2. The Morgan fingerprint density at radius 1 is 1.11 bits per heavy atom. The highest BCUT2D eigenvalue weighted by atomic mass is 32.2. The largest absolute Gasteiger partial charge is 0.368 e. The number of carbonyl (C=O) groups is 1. The number of fused-ring (bicyclic) bond motifs is 1. The Morgan fingerprint density at radius 3 is 2.50 bits per heavy atom. The van der Waals surface area contributed by atoms with Gasteiger partial charge in [0.15, 0.2) is 0 Å². The van der Waals surface area contributed by atoms with Crippen molar-refractivity contribution in [3.05, 3.63) is 87.5 Å². The summed E-state index contributed by atoms with van der Waals surface area (Å²) in [4.78, 5) is 37.7. The maximum absolute atomic E-state index is 13.7. The third kappa shape index (κ3) is 4.42. The van der Waals surface area contributed by atoms with E-state index in [4.69, 9.17) is 17.2 Å². The van der Waals surface area contributed by atoms with Crippen LogP contribution in [-0.2, 0) is 4.79 Å². The monoisotopic (exact) mass is 521 g/mol. The maximum Gasteiger partial charge on any atom is 0.267 e. The van der Waals surface area contributed by atoms with Gasteiger partial charge >= 0.3 is 0 Å². The molecule has 4 heterocycles. The molecule has 36 heavy (non-hydrogen) atoms. The van der Waals surface area contributed by atoms with Gasteiger partial charge in [-0.1, -0.05) is 36.1 Å². The number of halogens is 1. The van der Waals surface area contributed by atoms with Gasteiger partial charge in [-0.2, -0.15) is 0 Å². The number of nitrogens with zero attached hydrogens (tertiary/aromatic N) is 5. The van der Waals surface area contributed by atoms with Crippen molar-refractivity contribution in [3.63, 3.8) is 0 Å². The highest BCUT2D eigenvalue weighted by Crippen LogP contribution is 2.33. The molecule has 0 saturated carbocycles. The summed E-state index contributed by atoms with van der Waals surface area (Å²) in [5.41, 5.74) is 2.52. The van der Waals surface area contributed by atoms with Crippen LogP contribution in [0.15, 0.2) is 64.9 Å². The molecule has 7 nitrogen and oxygen atoms in total. The molecule has 0 radical (unpaired) electrons. The summed E-state index contributed by atoms with van der Waals surface area (Å²) in [6.07, 6.45) is 4.93. The lowest BCUT2D eigenvalue weighted by Crippen LogP contribution is -2.47. The molecular weight excluding hydrogens is 497 g/mol. The van der Waals surface area contributed by atoms with Gasteiger partial charge in [-0.15, -0.1) is 6.58 Å². The number of carbonyl (C=O) groups excluding carboxylic acids is 1. The van der Waals surface area contributed by atoms with Crippen molar-refractivity contribution in [3.8, 4) is 0 Å². The predicted molar refractivity (Wildman–Crippen MR) is 147 cm³/mol. The van der Waals surface area contributed by atoms with Crippen molar-refractivity contribution in [2.75, 3.05) is 42.5 Å². The lowest BCUT2D eigenvalue weighted by molar-refractivity contribution is -0.121. The molecule has 1 amide bonds. The van der Waals surface area contributed by atoms with Gasteiger partial charge < -0.3 is 9.80 Å². The van der Waals surface area contributed by atoms with Crippen LogP contribution in [0, 0.1) is 12.7 Å². The summed E-state index contributed by atoms with van der Waals surface area (Å²) >= 11 is 6.55. The average molecular weight is 522 g/mol. The van der Waals surface area contributed by atoms with E-state index in [1.165, 1.54) is 33.2 Å². The fourth-order valence-corrected chi connectivity index (χ4v) is 5.67. The van der Waals surface area contributed by atoms with Crippen LogP contribution in [0.2, 0.25) is 0 Å². The van der Waals surface area contributed by atoms with Crippen LogP contribution in [0.4, 0.5) is 15.9 Å². The number of pyridine rings is 1. The number of rotatable bonds is 5. The summed E-state index contributed by atoms with van der Waals surface area (Å²) in [6.45, 7) is 8.51. The zero-order valence-corrected chi connectivity index (χ0v) is 21.3. The molecule has 0 bridgehead atoms. The van der Waals surface area contributed by atoms with Crippen molar-refractivity contribution < 1.29 is 9.18 Å². The van der Waals surface area contributed by atoms with Crippen molar-refractivity contribution in [1.82, 2.24) is 14.3 Å². The summed E-state index contributed by atoms with van der Waals surface area (Å²) in [7, 11) is 0. The minimum atomic E-state index is -0.267. The number of anilines is 2. The number of thioether (sulfide) groups is 1. The molecule has 184 valence electrons. The fourth-order valence-electron chi connectivity index (χ4n) is 4.41. The van der Waals surface area contributed by atoms with E-state index in [0.29, 0.717) is 59.0 Å². The van der Waals surface area contributed by atoms with Gasteiger partial charge in [0.05, 0.1) is 10.5 Å². The quantitative estimate of drug-likeness (QED) is 0.287. The molecule has 2 fully saturated rings. The number of hydrogen-bond donors (Lipinski definition) is 0. The van der Waals surface area contributed by atoms with Crippen LogP contribution in [0.25, 0.3) is 11.7 Å². The fraction of sp³-hybridized carbons (Fsp3) is 0.231. The van der Waals surface area contributed by atoms with Crippen LogP contribution < -0.4 is 15.4 Å². The molecule has 0 spiro atoms. The van der Waals surface area contributed by atoms with Crippen LogP contribution in [0.1, 0.15) is 11.1 Å². The van der Waals surface area contributed by atoms with Gasteiger partial charge in [-0.05, 0) is 48.9 Å². The summed E-state index contributed by atoms with van der Waals surface area (Å²) < 4.78 is 15.3. The number of amides is 1. The molecule has 2 aliphatic rings. The first kappa shape index (κ1) is 24.2. The Morgan fingerprint density at radius 2 is 1.81 bits per heavy atom. The smallest absolute Gasteiger partial charge is 0.267 e. The molecule has 0 aliphatic carbocycles. The minimum absolute atomic E-state index is 0.242. The zero-order valence-electron chi connectivity index (χ0n) is 19.7. The van der Waals surface area contributed by atoms with Crippen LogP contribution in [0.3, 0.4) is 0 Å². The normalized spacial score (nSPS) is 17.5. The first-order valence-electron chi connectivity index (χ1n) is 11.5. The van der Waals surface area contributed by atoms with Gasteiger partial charge in [-0.25, -0.2) is 9.37 Å². The van der Waals surface area contributed by atoms with Crippen molar-refractivity contribution in [2.45, 2.75) is 6.92 Å². The number of thiocarbonyl (C=S) groups is 1. The molecule has 0 atom stereocenters. The van der Waals surface area contributed by atoms with E-state index in [1.807, 2.05) is 13.0 Å². The molecule has 1 aromatic carbocycles. The van der Waals surface area contributed by atoms with Gasteiger partial charge in [0.1, 0.15) is 21.6 Å². The molecule has 2 aromatic heterocycles. The first-order chi connectivity index (χ1) is 17.4. The number of piperazine rings is 1. The number of aryl methyl sites for hydroxylation is 1. The van der Waals surface area contributed by atoms with E-state index < -0.39 is 0 Å². The summed E-state index contributed by atoms with van der Waals surface area (Å²) in [6, 6.07) is 10.2. The summed E-state index contributed by atoms with van der Waals surface area (Å²) in [5, 5.41) is 0. The van der Waals surface area contributed by atoms with Gasteiger partial charge in [0.2, 0.25) is 0 Å². The molecule has 0 unspecified atom stereocenters. The lowest BCUT2D eigenvalue weighted by atomic mass is 10.2. The van der Waals surface area contributed by atoms with Crippen molar-refractivity contribution in [1.29, 1.82) is 0 Å². The van der Waals surface area contributed by atoms with E-state index in [1.54, 1.807) is 36.5 Å². The molecule has 2 aliphatic heterocycles. The van der Waals surface area contributed by atoms with Crippen LogP contribution in [-0.4, -0.2) is 57.2 Å². The lowest BCUT2D eigenvalue weighted by Gasteiger charge is -2.37. The summed E-state index contributed by atoms with van der Waals surface area (Å²) in [5.74, 6) is 0.0319. The highest BCUT2D eigenvalue weighted by Gasteiger charge is 2.32. The molecule has 2 saturated heterocycles. The Hall–Kier alpha value is -3.50. The Kier molecular flexibility index (Phi) is 6.63. The van der Waals surface area contributed by atoms with Gasteiger partial charge in [0.25, 0.3) is 11.5 Å². The van der Waals surface area contributed by atoms with Crippen LogP contribution >= 0.6 is 24.0 Å². The third-order valence-corrected chi connectivity index (χ3v) is 7.67. The van der Waals surface area contributed by atoms with Crippen LogP contribution in [0.5, 0.6) is 0 Å². The average Bonchev–Trinajstić information content (AvgIpc) is 3.14. The van der Waals surface area contributed by atoms with E-state index in [9.17, 15) is 14.0 Å². The molecule has 3 aromatic rings. The maximum atomic E-state index is 13.7. The SMILES string of the molecule is C=CCN1C(=O)/C(=C\c2c(N3CCN(c4ccc(F)cc4)CC3)nc3c(C)cccn3c2=O)SC1=S. The standard InChI is InChI=1S/C26H24FN5O2S2/c1-3-10-32-25(34)21(36-26(32)35)16-20-23(28-22-17(2)5-4-11-31(22)24(20)33)30-14-12-29(13-15-30)19-8-6-18(27)7-9-19/h3-9,11,16H,1,10,12-15H2,2H3/b21-16+.